The zero-order valence-electron chi connectivity index (χ0n) is 16.7. The number of fused-ring (bicyclic) bond motifs is 1. The third kappa shape index (κ3) is 4.52. The second-order valence-electron chi connectivity index (χ2n) is 7.32. The number of nitrogens with zero attached hydrogens (tertiary/aromatic N) is 4. The summed E-state index contributed by atoms with van der Waals surface area (Å²) in [6, 6.07) is 4.66. The van der Waals surface area contributed by atoms with Crippen LogP contribution in [0, 0.1) is 12.7 Å². The maximum absolute atomic E-state index is 13.7. The monoisotopic (exact) mass is 435 g/mol. The van der Waals surface area contributed by atoms with Crippen molar-refractivity contribution in [2.45, 2.75) is 39.0 Å². The zero-order valence-corrected chi connectivity index (χ0v) is 17.6. The topological polar surface area (TPSA) is 114 Å². The first kappa shape index (κ1) is 20.9. The molecule has 1 aliphatic heterocycles. The highest BCUT2D eigenvalue weighted by molar-refractivity contribution is 7.53. The summed E-state index contributed by atoms with van der Waals surface area (Å²) in [6.07, 6.45) is 2.43. The van der Waals surface area contributed by atoms with Gasteiger partial charge in [-0.05, 0) is 37.1 Å². The van der Waals surface area contributed by atoms with E-state index in [4.69, 9.17) is 19.5 Å². The third-order valence-electron chi connectivity index (χ3n) is 4.79. The van der Waals surface area contributed by atoms with Crippen LogP contribution in [0.15, 0.2) is 30.9 Å². The molecule has 0 unspecified atom stereocenters. The summed E-state index contributed by atoms with van der Waals surface area (Å²) < 4.78 is 45.5. The number of halogens is 1. The van der Waals surface area contributed by atoms with E-state index >= 15 is 0 Å². The van der Waals surface area contributed by atoms with Gasteiger partial charge in [-0.2, -0.15) is 0 Å². The number of rotatable bonds is 6. The summed E-state index contributed by atoms with van der Waals surface area (Å²) in [6.45, 7) is 4.30. The van der Waals surface area contributed by atoms with E-state index in [0.29, 0.717) is 35.5 Å². The van der Waals surface area contributed by atoms with Crippen LogP contribution in [0.1, 0.15) is 30.6 Å². The van der Waals surface area contributed by atoms with Crippen LogP contribution in [-0.2, 0) is 24.9 Å². The molecule has 1 fully saturated rings. The average molecular weight is 435 g/mol. The summed E-state index contributed by atoms with van der Waals surface area (Å²) in [5.74, 6) is -0.0452. The Morgan fingerprint density at radius 1 is 1.37 bits per heavy atom. The molecule has 160 valence electrons. The molecule has 9 nitrogen and oxygen atoms in total. The van der Waals surface area contributed by atoms with Crippen LogP contribution in [-0.4, -0.2) is 38.6 Å². The van der Waals surface area contributed by atoms with E-state index in [2.05, 4.69) is 15.0 Å². The maximum Gasteiger partial charge on any atom is 0.356 e. The molecular formula is C19H23FN5O4P. The third-order valence-corrected chi connectivity index (χ3v) is 6.41. The Balaban J connectivity index is 1.39. The molecule has 3 aromatic rings. The lowest BCUT2D eigenvalue weighted by Crippen LogP contribution is -2.21. The van der Waals surface area contributed by atoms with Gasteiger partial charge >= 0.3 is 7.60 Å². The van der Waals surface area contributed by atoms with Crippen molar-refractivity contribution in [3.63, 3.8) is 0 Å². The van der Waals surface area contributed by atoms with Crippen LogP contribution in [0.4, 0.5) is 10.2 Å². The summed E-state index contributed by atoms with van der Waals surface area (Å²) in [4.78, 5) is 12.3. The second kappa shape index (κ2) is 8.39. The van der Waals surface area contributed by atoms with Crippen molar-refractivity contribution in [2.24, 2.45) is 0 Å². The maximum atomic E-state index is 13.7. The molecule has 1 aromatic carbocycles. The van der Waals surface area contributed by atoms with E-state index in [1.165, 1.54) is 18.5 Å². The van der Waals surface area contributed by atoms with E-state index in [9.17, 15) is 8.96 Å². The van der Waals surface area contributed by atoms with Crippen molar-refractivity contribution in [3.8, 4) is 0 Å². The largest absolute Gasteiger partial charge is 0.382 e. The normalized spacial score (nSPS) is 23.0. The van der Waals surface area contributed by atoms with E-state index in [-0.39, 0.29) is 24.9 Å². The molecule has 3 heterocycles. The van der Waals surface area contributed by atoms with Gasteiger partial charge in [0.05, 0.1) is 31.7 Å². The molecule has 3 atom stereocenters. The first-order valence-electron chi connectivity index (χ1n) is 9.55. The quantitative estimate of drug-likeness (QED) is 0.584. The molecule has 2 N–H and O–H groups in total. The zero-order chi connectivity index (χ0) is 21.3. The number of benzene rings is 1. The van der Waals surface area contributed by atoms with Crippen molar-refractivity contribution in [1.29, 1.82) is 0 Å². The minimum atomic E-state index is -3.48. The smallest absolute Gasteiger partial charge is 0.356 e. The van der Waals surface area contributed by atoms with Gasteiger partial charge in [-0.25, -0.2) is 19.3 Å². The fraction of sp³-hybridized carbons (Fsp3) is 0.421. The number of hydrogen-bond donors (Lipinski definition) is 1. The number of aromatic nitrogens is 4. The molecule has 0 bridgehead atoms. The van der Waals surface area contributed by atoms with Crippen LogP contribution in [0.3, 0.4) is 0 Å². The number of anilines is 1. The molecule has 1 aliphatic rings. The van der Waals surface area contributed by atoms with E-state index in [0.717, 1.165) is 5.56 Å². The molecule has 2 aromatic heterocycles. The van der Waals surface area contributed by atoms with E-state index in [1.54, 1.807) is 17.8 Å². The lowest BCUT2D eigenvalue weighted by atomic mass is 10.0. The SMILES string of the molecule is Cc1cc(F)cc([C@@H]2CCO[P@](=O)(CO[C@H](C)Cn3cnc4c(N)ncnc43)O2)c1. The van der Waals surface area contributed by atoms with Gasteiger partial charge in [-0.1, -0.05) is 6.07 Å². The molecule has 30 heavy (non-hydrogen) atoms. The van der Waals surface area contributed by atoms with Gasteiger partial charge in [0.1, 0.15) is 24.0 Å². The number of aryl methyl sites for hydroxylation is 1. The first-order chi connectivity index (χ1) is 14.3. The Kier molecular flexibility index (Phi) is 5.84. The van der Waals surface area contributed by atoms with E-state index in [1.807, 2.05) is 13.0 Å². The highest BCUT2D eigenvalue weighted by Crippen LogP contribution is 2.56. The van der Waals surface area contributed by atoms with Crippen molar-refractivity contribution in [2.75, 3.05) is 18.7 Å². The molecule has 0 saturated carbocycles. The Bertz CT molecular complexity index is 1090. The Morgan fingerprint density at radius 2 is 2.20 bits per heavy atom. The number of nitrogens with two attached hydrogens (primary N) is 1. The minimum absolute atomic E-state index is 0.206. The summed E-state index contributed by atoms with van der Waals surface area (Å²) in [5, 5.41) is 0. The molecule has 1 saturated heterocycles. The van der Waals surface area contributed by atoms with Crippen LogP contribution >= 0.6 is 7.60 Å². The van der Waals surface area contributed by atoms with Crippen LogP contribution in [0.25, 0.3) is 11.2 Å². The van der Waals surface area contributed by atoms with Crippen LogP contribution in [0.2, 0.25) is 0 Å². The standard InChI is InChI=1S/C19H23FN5O4P/c1-12-5-14(7-15(20)6-12)16-3-4-28-30(26,29-16)11-27-13(2)8-25-10-24-17-18(21)22-9-23-19(17)25/h5-7,9-10,13,16H,3-4,8,11H2,1-2H3,(H2,21,22,23)/t13-,16+,30-/m1/s1. The van der Waals surface area contributed by atoms with Crippen LogP contribution in [0.5, 0.6) is 0 Å². The molecule has 0 amide bonds. The van der Waals surface area contributed by atoms with Gasteiger partial charge in [-0.15, -0.1) is 0 Å². The predicted octanol–water partition coefficient (Wildman–Crippen LogP) is 3.59. The molecule has 0 radical (unpaired) electrons. The van der Waals surface area contributed by atoms with Gasteiger partial charge in [0.15, 0.2) is 11.5 Å². The van der Waals surface area contributed by atoms with Crippen molar-refractivity contribution >= 4 is 24.6 Å². The summed E-state index contributed by atoms with van der Waals surface area (Å²) >= 11 is 0. The molecular weight excluding hydrogens is 412 g/mol. The number of hydrogen-bond acceptors (Lipinski definition) is 8. The van der Waals surface area contributed by atoms with Crippen molar-refractivity contribution < 1.29 is 22.7 Å². The predicted molar refractivity (Wildman–Crippen MR) is 108 cm³/mol. The van der Waals surface area contributed by atoms with Gasteiger partial charge in [0.2, 0.25) is 0 Å². The highest BCUT2D eigenvalue weighted by Gasteiger charge is 2.35. The van der Waals surface area contributed by atoms with Crippen molar-refractivity contribution in [3.05, 3.63) is 47.8 Å². The van der Waals surface area contributed by atoms with Gasteiger partial charge < -0.3 is 19.6 Å². The Hall–Kier alpha value is -2.39. The average Bonchev–Trinajstić information content (AvgIpc) is 3.10. The number of nitrogen functional groups attached to an aromatic ring is 1. The Morgan fingerprint density at radius 3 is 3.00 bits per heavy atom. The van der Waals surface area contributed by atoms with Crippen LogP contribution < -0.4 is 5.73 Å². The second-order valence-corrected chi connectivity index (χ2v) is 9.27. The molecule has 4 rings (SSSR count). The van der Waals surface area contributed by atoms with Crippen molar-refractivity contribution in [1.82, 2.24) is 19.5 Å². The number of ether oxygens (including phenoxy) is 1. The lowest BCUT2D eigenvalue weighted by molar-refractivity contribution is 0.0339. The molecule has 11 heteroatoms. The van der Waals surface area contributed by atoms with Gasteiger partial charge in [0, 0.05) is 6.42 Å². The summed E-state index contributed by atoms with van der Waals surface area (Å²) in [7, 11) is -3.48. The van der Waals surface area contributed by atoms with Gasteiger partial charge in [-0.3, -0.25) is 9.09 Å². The number of imidazole rings is 1. The fourth-order valence-electron chi connectivity index (χ4n) is 3.40. The first-order valence-corrected chi connectivity index (χ1v) is 11.3. The van der Waals surface area contributed by atoms with Gasteiger partial charge in [0.25, 0.3) is 0 Å². The lowest BCUT2D eigenvalue weighted by Gasteiger charge is -2.30. The Labute approximate surface area is 172 Å². The molecule has 0 aliphatic carbocycles. The van der Waals surface area contributed by atoms with E-state index < -0.39 is 13.7 Å². The summed E-state index contributed by atoms with van der Waals surface area (Å²) in [5.41, 5.74) is 8.33. The highest BCUT2D eigenvalue weighted by atomic mass is 31.2. The molecule has 0 spiro atoms. The fourth-order valence-corrected chi connectivity index (χ4v) is 5.03. The minimum Gasteiger partial charge on any atom is -0.382 e.